The van der Waals surface area contributed by atoms with Crippen LogP contribution in [0.4, 0.5) is 0 Å². The van der Waals surface area contributed by atoms with Crippen LogP contribution in [0.5, 0.6) is 0 Å². The van der Waals surface area contributed by atoms with Gasteiger partial charge in [-0.3, -0.25) is 0 Å². The molecule has 0 amide bonds. The van der Waals surface area contributed by atoms with E-state index in [-0.39, 0.29) is 5.97 Å². The minimum absolute atomic E-state index is 0.298. The zero-order chi connectivity index (χ0) is 15.8. The van der Waals surface area contributed by atoms with E-state index in [0.717, 1.165) is 31.7 Å². The predicted molar refractivity (Wildman–Crippen MR) is 89.7 cm³/mol. The molecular formula is C19H19NO3. The molecule has 2 heterocycles. The Morgan fingerprint density at radius 1 is 1.22 bits per heavy atom. The van der Waals surface area contributed by atoms with E-state index in [2.05, 4.69) is 28.8 Å². The van der Waals surface area contributed by atoms with Crippen LogP contribution < -0.4 is 0 Å². The van der Waals surface area contributed by atoms with Gasteiger partial charge in [0.25, 0.3) is 0 Å². The number of carbonyl (C=O) groups is 1. The van der Waals surface area contributed by atoms with E-state index in [1.54, 1.807) is 0 Å². The highest BCUT2D eigenvalue weighted by molar-refractivity contribution is 6.09. The van der Waals surface area contributed by atoms with Gasteiger partial charge in [-0.2, -0.15) is 0 Å². The van der Waals surface area contributed by atoms with Gasteiger partial charge in [0.15, 0.2) is 0 Å². The standard InChI is InChI=1S/C19H19NO3/c1-22-19(21)14-6-7-16-15-4-2-3-5-17(15)20(18(16)10-14)11-13-8-9-23-12-13/h2-7,10,13H,8-9,11-12H2,1H3. The second kappa shape index (κ2) is 5.70. The number of aromatic nitrogens is 1. The molecule has 118 valence electrons. The number of carbonyl (C=O) groups excluding carboxylic acids is 1. The summed E-state index contributed by atoms with van der Waals surface area (Å²) in [4.78, 5) is 11.9. The number of esters is 1. The van der Waals surface area contributed by atoms with Crippen molar-refractivity contribution in [2.24, 2.45) is 5.92 Å². The minimum atomic E-state index is -0.298. The molecule has 4 heteroatoms. The first-order valence-electron chi connectivity index (χ1n) is 7.95. The zero-order valence-electron chi connectivity index (χ0n) is 13.1. The van der Waals surface area contributed by atoms with Crippen LogP contribution in [0.2, 0.25) is 0 Å². The number of benzene rings is 2. The Bertz CT molecular complexity index is 875. The predicted octanol–water partition coefficient (Wildman–Crippen LogP) is 3.62. The van der Waals surface area contributed by atoms with Gasteiger partial charge in [0.05, 0.1) is 19.3 Å². The number of hydrogen-bond donors (Lipinski definition) is 0. The highest BCUT2D eigenvalue weighted by atomic mass is 16.5. The molecule has 1 fully saturated rings. The normalized spacial score (nSPS) is 17.9. The lowest BCUT2D eigenvalue weighted by molar-refractivity contribution is 0.0601. The third-order valence-electron chi connectivity index (χ3n) is 4.66. The fourth-order valence-corrected chi connectivity index (χ4v) is 3.48. The van der Waals surface area contributed by atoms with E-state index >= 15 is 0 Å². The van der Waals surface area contributed by atoms with Crippen LogP contribution in [-0.4, -0.2) is 30.9 Å². The van der Waals surface area contributed by atoms with E-state index in [4.69, 9.17) is 9.47 Å². The number of ether oxygens (including phenoxy) is 2. The van der Waals surface area contributed by atoms with Gasteiger partial charge in [0, 0.05) is 40.9 Å². The van der Waals surface area contributed by atoms with Crippen molar-refractivity contribution in [3.63, 3.8) is 0 Å². The van der Waals surface area contributed by atoms with Crippen molar-refractivity contribution < 1.29 is 14.3 Å². The van der Waals surface area contributed by atoms with E-state index in [1.165, 1.54) is 23.4 Å². The molecule has 3 aromatic rings. The fraction of sp³-hybridized carbons (Fsp3) is 0.316. The van der Waals surface area contributed by atoms with Crippen molar-refractivity contribution in [3.05, 3.63) is 48.0 Å². The first-order valence-corrected chi connectivity index (χ1v) is 7.95. The third-order valence-corrected chi connectivity index (χ3v) is 4.66. The fourth-order valence-electron chi connectivity index (χ4n) is 3.48. The van der Waals surface area contributed by atoms with E-state index in [0.29, 0.717) is 11.5 Å². The maximum absolute atomic E-state index is 11.9. The molecule has 0 radical (unpaired) electrons. The molecule has 0 bridgehead atoms. The lowest BCUT2D eigenvalue weighted by Crippen LogP contribution is -2.10. The molecule has 0 aliphatic carbocycles. The molecule has 0 saturated carbocycles. The highest BCUT2D eigenvalue weighted by Crippen LogP contribution is 2.31. The van der Waals surface area contributed by atoms with Gasteiger partial charge in [0.1, 0.15) is 0 Å². The Morgan fingerprint density at radius 2 is 2.04 bits per heavy atom. The first-order chi connectivity index (χ1) is 11.3. The van der Waals surface area contributed by atoms with Crippen LogP contribution in [0.15, 0.2) is 42.5 Å². The van der Waals surface area contributed by atoms with Crippen LogP contribution in [0, 0.1) is 5.92 Å². The average molecular weight is 309 g/mol. The van der Waals surface area contributed by atoms with Crippen LogP contribution in [0.1, 0.15) is 16.8 Å². The average Bonchev–Trinajstić information content (AvgIpc) is 3.21. The van der Waals surface area contributed by atoms with Crippen molar-refractivity contribution in [1.82, 2.24) is 4.57 Å². The smallest absolute Gasteiger partial charge is 0.337 e. The monoisotopic (exact) mass is 309 g/mol. The number of methoxy groups -OCH3 is 1. The Balaban J connectivity index is 1.92. The lowest BCUT2D eigenvalue weighted by atomic mass is 10.1. The summed E-state index contributed by atoms with van der Waals surface area (Å²) < 4.78 is 12.7. The van der Waals surface area contributed by atoms with Crippen molar-refractivity contribution >= 4 is 27.8 Å². The third kappa shape index (κ3) is 2.39. The highest BCUT2D eigenvalue weighted by Gasteiger charge is 2.20. The molecule has 1 aromatic heterocycles. The lowest BCUT2D eigenvalue weighted by Gasteiger charge is -2.12. The molecule has 0 spiro atoms. The summed E-state index contributed by atoms with van der Waals surface area (Å²) in [5.41, 5.74) is 2.88. The van der Waals surface area contributed by atoms with E-state index < -0.39 is 0 Å². The number of fused-ring (bicyclic) bond motifs is 3. The quantitative estimate of drug-likeness (QED) is 0.694. The molecule has 23 heavy (non-hydrogen) atoms. The van der Waals surface area contributed by atoms with Crippen molar-refractivity contribution in [2.45, 2.75) is 13.0 Å². The summed E-state index contributed by atoms with van der Waals surface area (Å²) in [6, 6.07) is 14.2. The van der Waals surface area contributed by atoms with Gasteiger partial charge in [-0.1, -0.05) is 24.3 Å². The molecule has 1 aliphatic rings. The van der Waals surface area contributed by atoms with Crippen molar-refractivity contribution in [1.29, 1.82) is 0 Å². The topological polar surface area (TPSA) is 40.5 Å². The molecule has 1 saturated heterocycles. The first kappa shape index (κ1) is 14.3. The number of rotatable bonds is 3. The van der Waals surface area contributed by atoms with E-state index in [1.807, 2.05) is 18.2 Å². The second-order valence-electron chi connectivity index (χ2n) is 6.08. The molecular weight excluding hydrogens is 290 g/mol. The van der Waals surface area contributed by atoms with Crippen LogP contribution in [-0.2, 0) is 16.0 Å². The Labute approximate surface area is 134 Å². The summed E-state index contributed by atoms with van der Waals surface area (Å²) in [7, 11) is 1.41. The molecule has 4 rings (SSSR count). The van der Waals surface area contributed by atoms with Gasteiger partial charge >= 0.3 is 5.97 Å². The number of nitrogens with zero attached hydrogens (tertiary/aromatic N) is 1. The summed E-state index contributed by atoms with van der Waals surface area (Å²) in [6.07, 6.45) is 1.09. The van der Waals surface area contributed by atoms with Crippen LogP contribution in [0.25, 0.3) is 21.8 Å². The van der Waals surface area contributed by atoms with Crippen molar-refractivity contribution in [3.8, 4) is 0 Å². The molecule has 0 N–H and O–H groups in total. The number of para-hydroxylation sites is 1. The van der Waals surface area contributed by atoms with Crippen LogP contribution >= 0.6 is 0 Å². The maximum atomic E-state index is 11.9. The van der Waals surface area contributed by atoms with Gasteiger partial charge in [-0.15, -0.1) is 0 Å². The Hall–Kier alpha value is -2.33. The SMILES string of the molecule is COC(=O)c1ccc2c3ccccc3n(CC3CCOC3)c2c1. The largest absolute Gasteiger partial charge is 0.465 e. The maximum Gasteiger partial charge on any atom is 0.337 e. The van der Waals surface area contributed by atoms with Gasteiger partial charge in [0.2, 0.25) is 0 Å². The number of hydrogen-bond acceptors (Lipinski definition) is 3. The minimum Gasteiger partial charge on any atom is -0.465 e. The molecule has 1 aliphatic heterocycles. The van der Waals surface area contributed by atoms with Crippen molar-refractivity contribution in [2.75, 3.05) is 20.3 Å². The van der Waals surface area contributed by atoms with Gasteiger partial charge in [-0.05, 0) is 24.6 Å². The van der Waals surface area contributed by atoms with Crippen LogP contribution in [0.3, 0.4) is 0 Å². The zero-order valence-corrected chi connectivity index (χ0v) is 13.1. The summed E-state index contributed by atoms with van der Waals surface area (Å²) in [6.45, 7) is 2.56. The van der Waals surface area contributed by atoms with Gasteiger partial charge in [-0.25, -0.2) is 4.79 Å². The molecule has 1 unspecified atom stereocenters. The summed E-state index contributed by atoms with van der Waals surface area (Å²) >= 11 is 0. The molecule has 1 atom stereocenters. The Kier molecular flexibility index (Phi) is 3.54. The Morgan fingerprint density at radius 3 is 2.83 bits per heavy atom. The second-order valence-corrected chi connectivity index (χ2v) is 6.08. The molecule has 4 nitrogen and oxygen atoms in total. The molecule has 2 aromatic carbocycles. The summed E-state index contributed by atoms with van der Waals surface area (Å²) in [5.74, 6) is 0.226. The summed E-state index contributed by atoms with van der Waals surface area (Å²) in [5, 5.41) is 2.39. The van der Waals surface area contributed by atoms with Gasteiger partial charge < -0.3 is 14.0 Å². The van der Waals surface area contributed by atoms with E-state index in [9.17, 15) is 4.79 Å².